The maximum Gasteiger partial charge on any atom is 0.337 e. The molecule has 0 bridgehead atoms. The number of ether oxygens (including phenoxy) is 4. The van der Waals surface area contributed by atoms with Crippen LogP contribution in [-0.4, -0.2) is 99.9 Å². The van der Waals surface area contributed by atoms with Crippen LogP contribution in [0.15, 0.2) is 23.5 Å². The molecule has 0 spiro atoms. The van der Waals surface area contributed by atoms with Gasteiger partial charge in [0.05, 0.1) is 38.6 Å². The molecule has 12 heteroatoms. The van der Waals surface area contributed by atoms with Crippen molar-refractivity contribution < 1.29 is 59.2 Å². The lowest BCUT2D eigenvalue weighted by molar-refractivity contribution is -0.327. The molecule has 0 amide bonds. The molecule has 0 aromatic heterocycles. The zero-order valence-corrected chi connectivity index (χ0v) is 15.5. The monoisotopic (exact) mass is 420 g/mol. The molecule has 12 nitrogen and oxygen atoms in total. The molecule has 0 aromatic rings. The van der Waals surface area contributed by atoms with Gasteiger partial charge in [-0.05, 0) is 0 Å². The Hall–Kier alpha value is -2.06. The number of hydrogen-bond acceptors (Lipinski definition) is 11. The molecule has 2 aliphatic heterocycles. The van der Waals surface area contributed by atoms with E-state index in [-0.39, 0.29) is 11.1 Å². The quantitative estimate of drug-likeness (QED) is 0.184. The van der Waals surface area contributed by atoms with E-state index in [2.05, 4.69) is 4.74 Å². The molecular weight excluding hydrogens is 396 g/mol. The predicted octanol–water partition coefficient (Wildman–Crippen LogP) is -2.77. The maximum absolute atomic E-state index is 12.0. The highest BCUT2D eigenvalue weighted by Crippen LogP contribution is 2.35. The van der Waals surface area contributed by atoms with Crippen molar-refractivity contribution in [3.05, 3.63) is 23.5 Å². The van der Waals surface area contributed by atoms with E-state index in [1.807, 2.05) is 0 Å². The Bertz CT molecular complexity index is 657. The minimum atomic E-state index is -1.73. The Labute approximate surface area is 165 Å². The molecule has 7 unspecified atom stereocenters. The smallest absolute Gasteiger partial charge is 0.337 e. The highest BCUT2D eigenvalue weighted by Gasteiger charge is 2.46. The van der Waals surface area contributed by atoms with Gasteiger partial charge >= 0.3 is 11.9 Å². The molecule has 7 atom stereocenters. The SMILES string of the molecule is COC(=O)C1=COC(OC2OC(CO)C(O)C(O)C2O)/C(=C\CO)C1CC(=O)O. The number of aliphatic carboxylic acids is 1. The topological polar surface area (TPSA) is 192 Å². The summed E-state index contributed by atoms with van der Waals surface area (Å²) in [7, 11) is 1.10. The van der Waals surface area contributed by atoms with Crippen LogP contribution in [0.3, 0.4) is 0 Å². The summed E-state index contributed by atoms with van der Waals surface area (Å²) in [5.74, 6) is -3.16. The largest absolute Gasteiger partial charge is 0.481 e. The van der Waals surface area contributed by atoms with Gasteiger partial charge in [-0.3, -0.25) is 4.79 Å². The van der Waals surface area contributed by atoms with Gasteiger partial charge in [0.1, 0.15) is 24.4 Å². The first-order chi connectivity index (χ1) is 13.7. The van der Waals surface area contributed by atoms with Gasteiger partial charge in [0.15, 0.2) is 6.29 Å². The fourth-order valence-electron chi connectivity index (χ4n) is 3.11. The van der Waals surface area contributed by atoms with Crippen molar-refractivity contribution in [3.8, 4) is 0 Å². The van der Waals surface area contributed by atoms with Crippen LogP contribution in [0.25, 0.3) is 0 Å². The van der Waals surface area contributed by atoms with E-state index in [1.165, 1.54) is 6.08 Å². The molecule has 1 fully saturated rings. The van der Waals surface area contributed by atoms with E-state index in [0.717, 1.165) is 13.4 Å². The van der Waals surface area contributed by atoms with Gasteiger partial charge in [0.25, 0.3) is 0 Å². The lowest BCUT2D eigenvalue weighted by Gasteiger charge is -2.41. The number of carbonyl (C=O) groups excluding carboxylic acids is 1. The van der Waals surface area contributed by atoms with Crippen molar-refractivity contribution in [2.75, 3.05) is 20.3 Å². The Morgan fingerprint density at radius 1 is 1.17 bits per heavy atom. The number of aliphatic hydroxyl groups excluding tert-OH is 5. The third-order valence-electron chi connectivity index (χ3n) is 4.60. The second kappa shape index (κ2) is 10.1. The number of esters is 1. The fourth-order valence-corrected chi connectivity index (χ4v) is 3.11. The molecule has 0 aromatic carbocycles. The second-order valence-electron chi connectivity index (χ2n) is 6.40. The van der Waals surface area contributed by atoms with E-state index < -0.39 is 74.5 Å². The van der Waals surface area contributed by atoms with Crippen molar-refractivity contribution >= 4 is 11.9 Å². The Morgan fingerprint density at radius 3 is 2.41 bits per heavy atom. The van der Waals surface area contributed by atoms with Crippen molar-refractivity contribution in [2.24, 2.45) is 5.92 Å². The van der Waals surface area contributed by atoms with Gasteiger partial charge in [-0.25, -0.2) is 4.79 Å². The van der Waals surface area contributed by atoms with Crippen LogP contribution < -0.4 is 0 Å². The Morgan fingerprint density at radius 2 is 1.86 bits per heavy atom. The summed E-state index contributed by atoms with van der Waals surface area (Å²) in [4.78, 5) is 23.3. The Kier molecular flexibility index (Phi) is 8.10. The number of carbonyl (C=O) groups is 2. The van der Waals surface area contributed by atoms with Gasteiger partial charge < -0.3 is 49.6 Å². The first kappa shape index (κ1) is 23.2. The van der Waals surface area contributed by atoms with E-state index in [1.54, 1.807) is 0 Å². The average Bonchev–Trinajstić information content (AvgIpc) is 2.69. The molecule has 6 N–H and O–H groups in total. The van der Waals surface area contributed by atoms with Crippen LogP contribution in [-0.2, 0) is 28.5 Å². The molecule has 164 valence electrons. The molecule has 1 saturated heterocycles. The lowest BCUT2D eigenvalue weighted by atomic mass is 9.86. The number of carboxylic acids is 1. The minimum Gasteiger partial charge on any atom is -0.481 e. The highest BCUT2D eigenvalue weighted by molar-refractivity contribution is 5.90. The third kappa shape index (κ3) is 5.11. The van der Waals surface area contributed by atoms with E-state index in [0.29, 0.717) is 0 Å². The normalized spacial score (nSPS) is 36.3. The van der Waals surface area contributed by atoms with E-state index in [4.69, 9.17) is 14.2 Å². The molecular formula is C17H24O12. The first-order valence-electron chi connectivity index (χ1n) is 8.67. The number of rotatable bonds is 7. The van der Waals surface area contributed by atoms with Gasteiger partial charge in [-0.15, -0.1) is 0 Å². The third-order valence-corrected chi connectivity index (χ3v) is 4.60. The van der Waals surface area contributed by atoms with Crippen LogP contribution in [0.4, 0.5) is 0 Å². The summed E-state index contributed by atoms with van der Waals surface area (Å²) in [6.45, 7) is -1.22. The summed E-state index contributed by atoms with van der Waals surface area (Å²) in [5.41, 5.74) is -0.0713. The van der Waals surface area contributed by atoms with Crippen LogP contribution in [0, 0.1) is 5.92 Å². The van der Waals surface area contributed by atoms with E-state index in [9.17, 15) is 40.2 Å². The zero-order valence-electron chi connectivity index (χ0n) is 15.5. The predicted molar refractivity (Wildman–Crippen MR) is 90.7 cm³/mol. The average molecular weight is 420 g/mol. The number of carboxylic acid groups (broad SMARTS) is 1. The van der Waals surface area contributed by atoms with Crippen LogP contribution in [0.1, 0.15) is 6.42 Å². The van der Waals surface area contributed by atoms with Crippen molar-refractivity contribution in [1.29, 1.82) is 0 Å². The van der Waals surface area contributed by atoms with Crippen LogP contribution in [0.2, 0.25) is 0 Å². The summed E-state index contributed by atoms with van der Waals surface area (Å²) in [6, 6.07) is 0. The maximum atomic E-state index is 12.0. The van der Waals surface area contributed by atoms with Crippen molar-refractivity contribution in [3.63, 3.8) is 0 Å². The molecule has 0 radical (unpaired) electrons. The van der Waals surface area contributed by atoms with Gasteiger partial charge in [-0.1, -0.05) is 6.08 Å². The second-order valence-corrected chi connectivity index (χ2v) is 6.40. The number of hydrogen-bond donors (Lipinski definition) is 6. The zero-order chi connectivity index (χ0) is 21.7. The summed E-state index contributed by atoms with van der Waals surface area (Å²) >= 11 is 0. The molecule has 2 aliphatic rings. The van der Waals surface area contributed by atoms with Crippen LogP contribution in [0.5, 0.6) is 0 Å². The summed E-state index contributed by atoms with van der Waals surface area (Å²) in [5, 5.41) is 57.6. The van der Waals surface area contributed by atoms with Gasteiger partial charge in [0.2, 0.25) is 6.29 Å². The van der Waals surface area contributed by atoms with Gasteiger partial charge in [-0.2, -0.15) is 0 Å². The molecule has 29 heavy (non-hydrogen) atoms. The lowest BCUT2D eigenvalue weighted by Crippen LogP contribution is -2.60. The number of methoxy groups -OCH3 is 1. The van der Waals surface area contributed by atoms with Crippen molar-refractivity contribution in [1.82, 2.24) is 0 Å². The minimum absolute atomic E-state index is 0.0507. The highest BCUT2D eigenvalue weighted by atomic mass is 16.8. The Balaban J connectivity index is 2.31. The molecule has 2 rings (SSSR count). The summed E-state index contributed by atoms with van der Waals surface area (Å²) < 4.78 is 20.7. The van der Waals surface area contributed by atoms with E-state index >= 15 is 0 Å². The van der Waals surface area contributed by atoms with Crippen molar-refractivity contribution in [2.45, 2.75) is 43.4 Å². The fraction of sp³-hybridized carbons (Fsp3) is 0.647. The van der Waals surface area contributed by atoms with Gasteiger partial charge in [0, 0.05) is 11.5 Å². The molecule has 0 saturated carbocycles. The standard InChI is InChI=1S/C17H24O12/c1-26-15(25)9-6-27-16(7(2-3-18)8(9)4-11(20)21)29-17-14(24)13(23)12(22)10(5-19)28-17/h2,6,8,10,12-14,16-19,22-24H,3-5H2,1H3,(H,20,21)/b7-2-. The number of aliphatic hydroxyl groups is 5. The van der Waals surface area contributed by atoms with Crippen LogP contribution >= 0.6 is 0 Å². The molecule has 2 heterocycles. The molecule has 0 aliphatic carbocycles. The first-order valence-corrected chi connectivity index (χ1v) is 8.67. The summed E-state index contributed by atoms with van der Waals surface area (Å²) in [6.07, 6.45) is -7.65.